The van der Waals surface area contributed by atoms with E-state index in [4.69, 9.17) is 17.2 Å². The first-order chi connectivity index (χ1) is 16.7. The molecular formula is C22H41N7O7. The van der Waals surface area contributed by atoms with Gasteiger partial charge in [0.25, 0.3) is 0 Å². The van der Waals surface area contributed by atoms with Gasteiger partial charge in [0.15, 0.2) is 5.96 Å². The minimum absolute atomic E-state index is 0.0152. The Morgan fingerprint density at radius 1 is 0.833 bits per heavy atom. The number of carboxylic acid groups (broad SMARTS) is 2. The Hall–Kier alpha value is -3.42. The number of carbonyl (C=O) groups excluding carboxylic acids is 3. The van der Waals surface area contributed by atoms with Crippen molar-refractivity contribution in [3.63, 3.8) is 0 Å². The smallest absolute Gasteiger partial charge is 0.326 e. The van der Waals surface area contributed by atoms with Gasteiger partial charge in [-0.3, -0.25) is 24.2 Å². The van der Waals surface area contributed by atoms with E-state index >= 15 is 0 Å². The van der Waals surface area contributed by atoms with Crippen molar-refractivity contribution in [2.75, 3.05) is 6.54 Å². The summed E-state index contributed by atoms with van der Waals surface area (Å²) in [6.07, 6.45) is 0.566. The SMILES string of the molecule is CCC(C)C(N)C(=O)NC(CC(=O)O)C(=O)NC(CCCN=C(N)N)C(=O)NC(C(=O)O)C(C)CC. The first-order valence-corrected chi connectivity index (χ1v) is 11.9. The molecule has 6 atom stereocenters. The standard InChI is InChI=1S/C22H41N7O7/c1-5-11(3)16(23)20(34)28-14(10-15(30)31)19(33)27-13(8-7-9-26-22(24)25)18(32)29-17(21(35)36)12(4)6-2/h11-14,16-17H,5-10,23H2,1-4H3,(H,27,33)(H,28,34)(H,29,32)(H,30,31)(H,35,36)(H4,24,25,26). The molecule has 0 aromatic rings. The molecule has 0 aliphatic carbocycles. The van der Waals surface area contributed by atoms with Gasteiger partial charge in [-0.25, -0.2) is 4.79 Å². The second kappa shape index (κ2) is 16.3. The second-order valence-electron chi connectivity index (χ2n) is 8.79. The number of nitrogens with one attached hydrogen (secondary N) is 3. The summed E-state index contributed by atoms with van der Waals surface area (Å²) in [6, 6.07) is -4.93. The van der Waals surface area contributed by atoms with Crippen LogP contribution in [0.5, 0.6) is 0 Å². The molecule has 0 bridgehead atoms. The third-order valence-corrected chi connectivity index (χ3v) is 5.93. The molecule has 0 saturated carbocycles. The highest BCUT2D eigenvalue weighted by molar-refractivity contribution is 5.95. The van der Waals surface area contributed by atoms with Crippen molar-refractivity contribution < 1.29 is 34.2 Å². The average Bonchev–Trinajstić information content (AvgIpc) is 2.81. The first kappa shape index (κ1) is 32.6. The van der Waals surface area contributed by atoms with Crippen LogP contribution >= 0.6 is 0 Å². The zero-order valence-electron chi connectivity index (χ0n) is 21.3. The fourth-order valence-corrected chi connectivity index (χ4v) is 3.15. The number of nitrogens with zero attached hydrogens (tertiary/aromatic N) is 1. The lowest BCUT2D eigenvalue weighted by Gasteiger charge is -2.26. The second-order valence-corrected chi connectivity index (χ2v) is 8.79. The maximum absolute atomic E-state index is 12.9. The quantitative estimate of drug-likeness (QED) is 0.0630. The predicted octanol–water partition coefficient (Wildman–Crippen LogP) is -1.53. The van der Waals surface area contributed by atoms with E-state index in [0.29, 0.717) is 12.8 Å². The molecule has 3 amide bonds. The van der Waals surface area contributed by atoms with Gasteiger partial charge < -0.3 is 43.4 Å². The van der Waals surface area contributed by atoms with Crippen LogP contribution in [0.1, 0.15) is 59.8 Å². The topological polar surface area (TPSA) is 252 Å². The largest absolute Gasteiger partial charge is 0.481 e. The zero-order chi connectivity index (χ0) is 28.0. The minimum atomic E-state index is -1.51. The predicted molar refractivity (Wildman–Crippen MR) is 132 cm³/mol. The van der Waals surface area contributed by atoms with Gasteiger partial charge in [-0.2, -0.15) is 0 Å². The van der Waals surface area contributed by atoms with Crippen LogP contribution in [0.15, 0.2) is 4.99 Å². The maximum atomic E-state index is 12.9. The molecule has 14 nitrogen and oxygen atoms in total. The number of aliphatic imine (C=N–C) groups is 1. The number of carboxylic acids is 2. The summed E-state index contributed by atoms with van der Waals surface area (Å²) < 4.78 is 0. The lowest BCUT2D eigenvalue weighted by atomic mass is 9.98. The number of amides is 3. The third kappa shape index (κ3) is 11.8. The van der Waals surface area contributed by atoms with E-state index in [1.54, 1.807) is 20.8 Å². The molecule has 206 valence electrons. The Morgan fingerprint density at radius 2 is 1.36 bits per heavy atom. The van der Waals surface area contributed by atoms with Crippen LogP contribution in [0, 0.1) is 11.8 Å². The molecule has 36 heavy (non-hydrogen) atoms. The summed E-state index contributed by atoms with van der Waals surface area (Å²) in [5, 5.41) is 25.9. The van der Waals surface area contributed by atoms with Gasteiger partial charge in [0.1, 0.15) is 18.1 Å². The molecule has 6 unspecified atom stereocenters. The lowest BCUT2D eigenvalue weighted by molar-refractivity contribution is -0.144. The highest BCUT2D eigenvalue weighted by atomic mass is 16.4. The molecule has 11 N–H and O–H groups in total. The van der Waals surface area contributed by atoms with Crippen molar-refractivity contribution in [1.29, 1.82) is 0 Å². The van der Waals surface area contributed by atoms with Crippen molar-refractivity contribution in [1.82, 2.24) is 16.0 Å². The third-order valence-electron chi connectivity index (χ3n) is 5.93. The Labute approximate surface area is 210 Å². The number of rotatable bonds is 17. The fourth-order valence-electron chi connectivity index (χ4n) is 3.15. The van der Waals surface area contributed by atoms with Gasteiger partial charge in [-0.05, 0) is 24.7 Å². The van der Waals surface area contributed by atoms with Crippen molar-refractivity contribution >= 4 is 35.6 Å². The maximum Gasteiger partial charge on any atom is 0.326 e. The highest BCUT2D eigenvalue weighted by Crippen LogP contribution is 2.10. The highest BCUT2D eigenvalue weighted by Gasteiger charge is 2.33. The summed E-state index contributed by atoms with van der Waals surface area (Å²) in [5.74, 6) is -5.79. The van der Waals surface area contributed by atoms with Gasteiger partial charge in [0, 0.05) is 6.54 Å². The van der Waals surface area contributed by atoms with E-state index in [-0.39, 0.29) is 31.3 Å². The van der Waals surface area contributed by atoms with E-state index in [2.05, 4.69) is 20.9 Å². The summed E-state index contributed by atoms with van der Waals surface area (Å²) in [5.41, 5.74) is 16.5. The number of hydrogen-bond acceptors (Lipinski definition) is 7. The van der Waals surface area contributed by atoms with Crippen molar-refractivity contribution in [3.8, 4) is 0 Å². The Morgan fingerprint density at radius 3 is 1.83 bits per heavy atom. The Kier molecular flexibility index (Phi) is 14.7. The van der Waals surface area contributed by atoms with E-state index in [1.165, 1.54) is 0 Å². The number of hydrogen-bond donors (Lipinski definition) is 8. The van der Waals surface area contributed by atoms with E-state index in [9.17, 15) is 34.2 Å². The summed E-state index contributed by atoms with van der Waals surface area (Å²) in [6.45, 7) is 7.13. The van der Waals surface area contributed by atoms with Gasteiger partial charge in [-0.1, -0.05) is 40.5 Å². The average molecular weight is 516 g/mol. The molecule has 0 aromatic carbocycles. The molecule has 0 heterocycles. The molecule has 0 radical (unpaired) electrons. The van der Waals surface area contributed by atoms with Crippen molar-refractivity contribution in [3.05, 3.63) is 0 Å². The number of nitrogens with two attached hydrogens (primary N) is 3. The van der Waals surface area contributed by atoms with E-state index in [1.807, 2.05) is 6.92 Å². The van der Waals surface area contributed by atoms with Crippen LogP contribution in [0.4, 0.5) is 0 Å². The molecule has 0 spiro atoms. The summed E-state index contributed by atoms with van der Waals surface area (Å²) >= 11 is 0. The Balaban J connectivity index is 5.74. The number of aliphatic carboxylic acids is 2. The van der Waals surface area contributed by atoms with Crippen LogP contribution in [0.3, 0.4) is 0 Å². The number of carbonyl (C=O) groups is 5. The van der Waals surface area contributed by atoms with Gasteiger partial charge >= 0.3 is 11.9 Å². The van der Waals surface area contributed by atoms with Crippen LogP contribution in [0.25, 0.3) is 0 Å². The van der Waals surface area contributed by atoms with Crippen LogP contribution in [-0.2, 0) is 24.0 Å². The van der Waals surface area contributed by atoms with E-state index in [0.717, 1.165) is 0 Å². The molecule has 0 saturated heterocycles. The molecule has 14 heteroatoms. The number of guanidine groups is 1. The van der Waals surface area contributed by atoms with Gasteiger partial charge in [0.2, 0.25) is 17.7 Å². The van der Waals surface area contributed by atoms with Gasteiger partial charge in [0.05, 0.1) is 12.5 Å². The summed E-state index contributed by atoms with van der Waals surface area (Å²) in [7, 11) is 0. The molecule has 0 rings (SSSR count). The molecule has 0 aliphatic rings. The van der Waals surface area contributed by atoms with Crippen LogP contribution in [0.2, 0.25) is 0 Å². The lowest BCUT2D eigenvalue weighted by Crippen LogP contribution is -2.58. The van der Waals surface area contributed by atoms with E-state index < -0.39 is 66.2 Å². The van der Waals surface area contributed by atoms with Crippen LogP contribution < -0.4 is 33.2 Å². The molecule has 0 fully saturated rings. The first-order valence-electron chi connectivity index (χ1n) is 11.9. The van der Waals surface area contributed by atoms with Gasteiger partial charge in [-0.15, -0.1) is 0 Å². The minimum Gasteiger partial charge on any atom is -0.481 e. The summed E-state index contributed by atoms with van der Waals surface area (Å²) in [4.78, 5) is 65.1. The Bertz CT molecular complexity index is 802. The van der Waals surface area contributed by atoms with Crippen LogP contribution in [-0.4, -0.2) is 76.5 Å². The molecule has 0 aromatic heterocycles. The normalized spacial score (nSPS) is 15.8. The molecule has 0 aliphatic heterocycles. The molecular weight excluding hydrogens is 474 g/mol. The monoisotopic (exact) mass is 515 g/mol. The van der Waals surface area contributed by atoms with Crippen molar-refractivity contribution in [2.45, 2.75) is 84.0 Å². The fraction of sp³-hybridized carbons (Fsp3) is 0.727. The van der Waals surface area contributed by atoms with Crippen molar-refractivity contribution in [2.24, 2.45) is 34.0 Å². The zero-order valence-corrected chi connectivity index (χ0v) is 21.3.